The molecule has 1 aromatic heterocycles. The third-order valence-electron chi connectivity index (χ3n) is 3.34. The fraction of sp³-hybridized carbons (Fsp3) is 0.667. The normalized spacial score (nSPS) is 23.9. The van der Waals surface area contributed by atoms with Gasteiger partial charge in [-0.2, -0.15) is 0 Å². The molecule has 7 heteroatoms. The van der Waals surface area contributed by atoms with Crippen molar-refractivity contribution in [2.24, 2.45) is 0 Å². The summed E-state index contributed by atoms with van der Waals surface area (Å²) in [4.78, 5) is 0.684. The second-order valence-corrected chi connectivity index (χ2v) is 8.19. The number of thiophene rings is 1. The Hall–Kier alpha value is -0.470. The first-order chi connectivity index (χ1) is 8.86. The van der Waals surface area contributed by atoms with Gasteiger partial charge >= 0.3 is 0 Å². The number of aliphatic hydroxyl groups is 1. The van der Waals surface area contributed by atoms with E-state index in [1.165, 1.54) is 0 Å². The first kappa shape index (κ1) is 14.9. The minimum absolute atomic E-state index is 0.132. The Morgan fingerprint density at radius 1 is 1.58 bits per heavy atom. The van der Waals surface area contributed by atoms with E-state index in [0.29, 0.717) is 11.5 Å². The van der Waals surface area contributed by atoms with Crippen LogP contribution in [0.3, 0.4) is 0 Å². The van der Waals surface area contributed by atoms with Crippen molar-refractivity contribution in [3.05, 3.63) is 16.5 Å². The molecule has 2 rings (SSSR count). The van der Waals surface area contributed by atoms with Gasteiger partial charge in [-0.3, -0.25) is 0 Å². The molecule has 2 N–H and O–H groups in total. The fourth-order valence-electron chi connectivity index (χ4n) is 2.07. The second kappa shape index (κ2) is 5.49. The Bertz CT molecular complexity index is 544. The van der Waals surface area contributed by atoms with E-state index in [1.807, 2.05) is 6.92 Å². The van der Waals surface area contributed by atoms with E-state index in [0.717, 1.165) is 29.7 Å². The molecule has 2 heterocycles. The summed E-state index contributed by atoms with van der Waals surface area (Å²) in [7, 11) is -3.52. The number of ether oxygens (including phenoxy) is 1. The summed E-state index contributed by atoms with van der Waals surface area (Å²) in [5.74, 6) is 0. The van der Waals surface area contributed by atoms with Gasteiger partial charge in [-0.05, 0) is 38.3 Å². The molecule has 1 aliphatic rings. The fourth-order valence-corrected chi connectivity index (χ4v) is 4.72. The van der Waals surface area contributed by atoms with Gasteiger partial charge in [0.15, 0.2) is 0 Å². The lowest BCUT2D eigenvalue weighted by atomic mass is 10.0. The Kier molecular flexibility index (Phi) is 4.32. The van der Waals surface area contributed by atoms with Crippen molar-refractivity contribution < 1.29 is 18.3 Å². The minimum Gasteiger partial charge on any atom is -0.391 e. The molecule has 1 aliphatic heterocycles. The van der Waals surface area contributed by atoms with Crippen LogP contribution in [-0.4, -0.2) is 32.3 Å². The summed E-state index contributed by atoms with van der Waals surface area (Å²) in [6.45, 7) is 4.54. The molecular formula is C12H19NO4S2. The second-order valence-electron chi connectivity index (χ2n) is 5.06. The molecule has 0 radical (unpaired) electrons. The highest BCUT2D eigenvalue weighted by Crippen LogP contribution is 2.28. The van der Waals surface area contributed by atoms with Crippen LogP contribution < -0.4 is 4.72 Å². The van der Waals surface area contributed by atoms with Crippen LogP contribution in [0.2, 0.25) is 0 Å². The predicted octanol–water partition coefficient (Wildman–Crippen LogP) is 1.40. The molecule has 0 amide bonds. The molecule has 1 saturated heterocycles. The van der Waals surface area contributed by atoms with Crippen LogP contribution in [0, 0.1) is 6.92 Å². The predicted molar refractivity (Wildman–Crippen MR) is 73.8 cm³/mol. The number of aliphatic hydroxyl groups excluding tert-OH is 1. The molecule has 108 valence electrons. The maximum atomic E-state index is 12.2. The van der Waals surface area contributed by atoms with Gasteiger partial charge in [-0.1, -0.05) is 0 Å². The number of sulfonamides is 1. The molecule has 0 aliphatic carbocycles. The van der Waals surface area contributed by atoms with Gasteiger partial charge in [-0.15, -0.1) is 11.3 Å². The van der Waals surface area contributed by atoms with Crippen LogP contribution in [0.5, 0.6) is 0 Å². The van der Waals surface area contributed by atoms with E-state index < -0.39 is 15.6 Å². The Morgan fingerprint density at radius 2 is 2.32 bits per heavy atom. The van der Waals surface area contributed by atoms with Crippen molar-refractivity contribution >= 4 is 21.4 Å². The zero-order chi connectivity index (χ0) is 14.1. The van der Waals surface area contributed by atoms with Gasteiger partial charge in [-0.25, -0.2) is 13.1 Å². The lowest BCUT2D eigenvalue weighted by molar-refractivity contribution is 0.0250. The quantitative estimate of drug-likeness (QED) is 0.862. The summed E-state index contributed by atoms with van der Waals surface area (Å²) in [5, 5.41) is 9.12. The maximum absolute atomic E-state index is 12.2. The monoisotopic (exact) mass is 305 g/mol. The summed E-state index contributed by atoms with van der Waals surface area (Å²) in [6.07, 6.45) is 1.83. The highest BCUT2D eigenvalue weighted by atomic mass is 32.2. The SMILES string of the molecule is Cc1cc(S(=O)(=O)NCC2(C)CCCO2)sc1CO. The van der Waals surface area contributed by atoms with E-state index >= 15 is 0 Å². The zero-order valence-electron chi connectivity index (χ0n) is 11.1. The summed E-state index contributed by atoms with van der Waals surface area (Å²) >= 11 is 1.11. The Balaban J connectivity index is 2.09. The van der Waals surface area contributed by atoms with Crippen molar-refractivity contribution in [3.8, 4) is 0 Å². The largest absolute Gasteiger partial charge is 0.391 e. The van der Waals surface area contributed by atoms with Crippen molar-refractivity contribution in [1.29, 1.82) is 0 Å². The van der Waals surface area contributed by atoms with Crippen LogP contribution in [0.25, 0.3) is 0 Å². The number of aryl methyl sites for hydroxylation is 1. The molecule has 1 atom stereocenters. The van der Waals surface area contributed by atoms with Gasteiger partial charge < -0.3 is 9.84 Å². The molecule has 0 saturated carbocycles. The van der Waals surface area contributed by atoms with Crippen LogP contribution in [0.4, 0.5) is 0 Å². The lowest BCUT2D eigenvalue weighted by Gasteiger charge is -2.22. The van der Waals surface area contributed by atoms with Crippen molar-refractivity contribution in [2.45, 2.75) is 43.1 Å². The molecule has 19 heavy (non-hydrogen) atoms. The van der Waals surface area contributed by atoms with Crippen LogP contribution in [0.1, 0.15) is 30.2 Å². The van der Waals surface area contributed by atoms with Crippen molar-refractivity contribution in [2.75, 3.05) is 13.2 Å². The highest BCUT2D eigenvalue weighted by Gasteiger charge is 2.31. The van der Waals surface area contributed by atoms with Gasteiger partial charge in [0.25, 0.3) is 0 Å². The van der Waals surface area contributed by atoms with E-state index in [4.69, 9.17) is 9.84 Å². The molecule has 1 aromatic rings. The summed E-state index contributed by atoms with van der Waals surface area (Å²) in [6, 6.07) is 1.59. The van der Waals surface area contributed by atoms with Crippen LogP contribution in [0.15, 0.2) is 10.3 Å². The van der Waals surface area contributed by atoms with Crippen molar-refractivity contribution in [1.82, 2.24) is 4.72 Å². The maximum Gasteiger partial charge on any atom is 0.250 e. The van der Waals surface area contributed by atoms with Gasteiger partial charge in [0.1, 0.15) is 4.21 Å². The average molecular weight is 305 g/mol. The minimum atomic E-state index is -3.52. The average Bonchev–Trinajstić information content (AvgIpc) is 2.94. The molecular weight excluding hydrogens is 286 g/mol. The number of rotatable bonds is 5. The van der Waals surface area contributed by atoms with Crippen LogP contribution in [-0.2, 0) is 21.4 Å². The zero-order valence-corrected chi connectivity index (χ0v) is 12.7. The molecule has 1 fully saturated rings. The third kappa shape index (κ3) is 3.35. The Labute approximate surface area is 117 Å². The Morgan fingerprint density at radius 3 is 2.84 bits per heavy atom. The first-order valence-electron chi connectivity index (χ1n) is 6.20. The van der Waals surface area contributed by atoms with E-state index in [-0.39, 0.29) is 17.4 Å². The third-order valence-corrected chi connectivity index (χ3v) is 6.44. The molecule has 1 unspecified atom stereocenters. The van der Waals surface area contributed by atoms with E-state index in [2.05, 4.69) is 4.72 Å². The topological polar surface area (TPSA) is 75.6 Å². The summed E-state index contributed by atoms with van der Waals surface area (Å²) in [5.41, 5.74) is 0.398. The highest BCUT2D eigenvalue weighted by molar-refractivity contribution is 7.91. The van der Waals surface area contributed by atoms with Crippen LogP contribution >= 0.6 is 11.3 Å². The standard InChI is InChI=1S/C12H19NO4S2/c1-9-6-11(18-10(9)7-14)19(15,16)13-8-12(2)4-3-5-17-12/h6,13-14H,3-5,7-8H2,1-2H3. The van der Waals surface area contributed by atoms with Gasteiger partial charge in [0.2, 0.25) is 10.0 Å². The summed E-state index contributed by atoms with van der Waals surface area (Å²) < 4.78 is 32.8. The molecule has 5 nitrogen and oxygen atoms in total. The molecule has 0 aromatic carbocycles. The number of nitrogens with one attached hydrogen (secondary N) is 1. The van der Waals surface area contributed by atoms with Gasteiger partial charge in [0, 0.05) is 18.0 Å². The first-order valence-corrected chi connectivity index (χ1v) is 8.50. The van der Waals surface area contributed by atoms with Crippen molar-refractivity contribution in [3.63, 3.8) is 0 Å². The van der Waals surface area contributed by atoms with Gasteiger partial charge in [0.05, 0.1) is 12.2 Å². The molecule has 0 spiro atoms. The molecule has 0 bridgehead atoms. The van der Waals surface area contributed by atoms with E-state index in [9.17, 15) is 8.42 Å². The lowest BCUT2D eigenvalue weighted by Crippen LogP contribution is -2.39. The number of hydrogen-bond acceptors (Lipinski definition) is 5. The van der Waals surface area contributed by atoms with E-state index in [1.54, 1.807) is 13.0 Å². The number of hydrogen-bond donors (Lipinski definition) is 2. The smallest absolute Gasteiger partial charge is 0.250 e.